The molecule has 26 heavy (non-hydrogen) atoms. The van der Waals surface area contributed by atoms with Gasteiger partial charge >= 0.3 is 0 Å². The number of aromatic amines is 1. The van der Waals surface area contributed by atoms with Crippen LogP contribution >= 0.6 is 0 Å². The number of aromatic nitrogens is 4. The number of nitrogens with zero attached hydrogens (tertiary/aromatic N) is 5. The van der Waals surface area contributed by atoms with E-state index >= 15 is 0 Å². The van der Waals surface area contributed by atoms with Crippen LogP contribution < -0.4 is 0 Å². The number of hydrogen-bond donors (Lipinski definition) is 1. The second-order valence-corrected chi connectivity index (χ2v) is 7.44. The van der Waals surface area contributed by atoms with E-state index < -0.39 is 0 Å². The summed E-state index contributed by atoms with van der Waals surface area (Å²) in [6.07, 6.45) is 6.45. The number of likely N-dealkylation sites (tertiary alicyclic amines) is 1. The van der Waals surface area contributed by atoms with Crippen molar-refractivity contribution in [3.8, 4) is 0 Å². The molecule has 1 aliphatic heterocycles. The molecule has 0 bridgehead atoms. The predicted octanol–water partition coefficient (Wildman–Crippen LogP) is 2.20. The van der Waals surface area contributed by atoms with E-state index in [4.69, 9.17) is 0 Å². The van der Waals surface area contributed by atoms with E-state index in [2.05, 4.69) is 47.2 Å². The average Bonchev–Trinajstić information content (AvgIpc) is 3.29. The summed E-state index contributed by atoms with van der Waals surface area (Å²) in [4.78, 5) is 21.3. The second-order valence-electron chi connectivity index (χ2n) is 7.44. The molecule has 0 aliphatic carbocycles. The van der Waals surface area contributed by atoms with Crippen molar-refractivity contribution < 1.29 is 4.79 Å². The number of H-pyrrole nitrogens is 1. The van der Waals surface area contributed by atoms with E-state index in [1.54, 1.807) is 6.20 Å². The van der Waals surface area contributed by atoms with Crippen molar-refractivity contribution in [2.24, 2.45) is 0 Å². The molecule has 1 amide bonds. The molecular weight excluding hydrogens is 328 g/mol. The van der Waals surface area contributed by atoms with E-state index in [0.29, 0.717) is 5.92 Å². The first kappa shape index (κ1) is 18.6. The topological polar surface area (TPSA) is 70.1 Å². The van der Waals surface area contributed by atoms with Crippen molar-refractivity contribution in [2.45, 2.75) is 51.6 Å². The van der Waals surface area contributed by atoms with Crippen molar-refractivity contribution in [3.05, 3.63) is 35.7 Å². The van der Waals surface area contributed by atoms with E-state index in [1.165, 1.54) is 0 Å². The Balaban J connectivity index is 1.58. The van der Waals surface area contributed by atoms with Crippen molar-refractivity contribution in [1.29, 1.82) is 0 Å². The number of carbonyl (C=O) groups excluding carboxylic acids is 1. The number of aryl methyl sites for hydroxylation is 1. The molecule has 1 atom stereocenters. The zero-order chi connectivity index (χ0) is 18.7. The Morgan fingerprint density at radius 3 is 2.77 bits per heavy atom. The lowest BCUT2D eigenvalue weighted by Crippen LogP contribution is -2.41. The standard InChI is InChI=1S/C19H30N6O/c1-5-18-20-8-11-25(18)14(2)19(26)24-9-6-15(7-10-24)17-12-16(21-22-17)13-23(3)4/h8,11-12,14-15H,5-7,9-10,13H2,1-4H3,(H,21,22)/t14-/m0/s1. The second kappa shape index (κ2) is 8.03. The lowest BCUT2D eigenvalue weighted by molar-refractivity contribution is -0.135. The molecule has 0 unspecified atom stereocenters. The molecule has 1 aliphatic rings. The van der Waals surface area contributed by atoms with Gasteiger partial charge in [-0.1, -0.05) is 6.92 Å². The summed E-state index contributed by atoms with van der Waals surface area (Å²) in [6, 6.07) is 1.98. The molecular formula is C19H30N6O. The Bertz CT molecular complexity index is 726. The fourth-order valence-corrected chi connectivity index (χ4v) is 3.76. The lowest BCUT2D eigenvalue weighted by atomic mass is 9.93. The maximum Gasteiger partial charge on any atom is 0.245 e. The summed E-state index contributed by atoms with van der Waals surface area (Å²) in [5.74, 6) is 1.58. The minimum Gasteiger partial charge on any atom is -0.341 e. The highest BCUT2D eigenvalue weighted by atomic mass is 16.2. The zero-order valence-corrected chi connectivity index (χ0v) is 16.3. The van der Waals surface area contributed by atoms with E-state index in [-0.39, 0.29) is 11.9 Å². The van der Waals surface area contributed by atoms with Gasteiger partial charge in [0, 0.05) is 50.1 Å². The fraction of sp³-hybridized carbons (Fsp3) is 0.632. The summed E-state index contributed by atoms with van der Waals surface area (Å²) in [7, 11) is 4.10. The molecule has 3 rings (SSSR count). The number of imidazole rings is 1. The molecule has 0 aromatic carbocycles. The molecule has 2 aromatic heterocycles. The van der Waals surface area contributed by atoms with Gasteiger partial charge in [-0.3, -0.25) is 9.89 Å². The minimum absolute atomic E-state index is 0.187. The van der Waals surface area contributed by atoms with Crippen LogP contribution in [0.15, 0.2) is 18.5 Å². The quantitative estimate of drug-likeness (QED) is 0.859. The zero-order valence-electron chi connectivity index (χ0n) is 16.3. The van der Waals surface area contributed by atoms with Crippen LogP contribution in [0.2, 0.25) is 0 Å². The van der Waals surface area contributed by atoms with Crippen LogP contribution in [-0.2, 0) is 17.8 Å². The fourth-order valence-electron chi connectivity index (χ4n) is 3.76. The highest BCUT2D eigenvalue weighted by Crippen LogP contribution is 2.28. The molecule has 0 saturated carbocycles. The highest BCUT2D eigenvalue weighted by Gasteiger charge is 2.29. The molecule has 7 nitrogen and oxygen atoms in total. The third-order valence-electron chi connectivity index (χ3n) is 5.20. The number of amides is 1. The SMILES string of the molecule is CCc1nccn1[C@@H](C)C(=O)N1CCC(c2cc(CN(C)C)[nH]n2)CC1. The first-order chi connectivity index (χ1) is 12.5. The third-order valence-corrected chi connectivity index (χ3v) is 5.20. The average molecular weight is 358 g/mol. The van der Waals surface area contributed by atoms with Crippen LogP contribution in [0.3, 0.4) is 0 Å². The van der Waals surface area contributed by atoms with E-state index in [9.17, 15) is 4.79 Å². The smallest absolute Gasteiger partial charge is 0.245 e. The molecule has 1 saturated heterocycles. The Morgan fingerprint density at radius 1 is 1.38 bits per heavy atom. The van der Waals surface area contributed by atoms with Gasteiger partial charge in [-0.05, 0) is 39.9 Å². The summed E-state index contributed by atoms with van der Waals surface area (Å²) in [5, 5.41) is 7.63. The lowest BCUT2D eigenvalue weighted by Gasteiger charge is -2.33. The summed E-state index contributed by atoms with van der Waals surface area (Å²) in [6.45, 7) is 6.48. The van der Waals surface area contributed by atoms with Crippen molar-refractivity contribution in [2.75, 3.05) is 27.2 Å². The van der Waals surface area contributed by atoms with Crippen LogP contribution in [0.1, 0.15) is 55.9 Å². The molecule has 142 valence electrons. The van der Waals surface area contributed by atoms with Gasteiger partial charge < -0.3 is 14.4 Å². The van der Waals surface area contributed by atoms with Crippen LogP contribution in [0.25, 0.3) is 0 Å². The maximum atomic E-state index is 12.9. The van der Waals surface area contributed by atoms with Crippen molar-refractivity contribution in [1.82, 2.24) is 29.5 Å². The monoisotopic (exact) mass is 358 g/mol. The summed E-state index contributed by atoms with van der Waals surface area (Å²) in [5.41, 5.74) is 2.27. The molecule has 1 fully saturated rings. The summed E-state index contributed by atoms with van der Waals surface area (Å²) < 4.78 is 2.00. The van der Waals surface area contributed by atoms with Gasteiger partial charge in [0.2, 0.25) is 5.91 Å². The largest absolute Gasteiger partial charge is 0.341 e. The molecule has 0 spiro atoms. The molecule has 7 heteroatoms. The Morgan fingerprint density at radius 2 is 2.12 bits per heavy atom. The van der Waals surface area contributed by atoms with Crippen LogP contribution in [0.4, 0.5) is 0 Å². The van der Waals surface area contributed by atoms with Crippen LogP contribution in [0.5, 0.6) is 0 Å². The van der Waals surface area contributed by atoms with Gasteiger partial charge in [-0.25, -0.2) is 4.98 Å². The Kier molecular flexibility index (Phi) is 5.76. The number of rotatable bonds is 6. The predicted molar refractivity (Wildman–Crippen MR) is 101 cm³/mol. The normalized spacial score (nSPS) is 17.0. The Labute approximate surface area is 155 Å². The molecule has 2 aromatic rings. The van der Waals surface area contributed by atoms with Gasteiger partial charge in [0.05, 0.1) is 5.69 Å². The van der Waals surface area contributed by atoms with Gasteiger partial charge in [0.25, 0.3) is 0 Å². The third kappa shape index (κ3) is 3.98. The summed E-state index contributed by atoms with van der Waals surface area (Å²) >= 11 is 0. The molecule has 1 N–H and O–H groups in total. The maximum absolute atomic E-state index is 12.9. The van der Waals surface area contributed by atoms with Crippen molar-refractivity contribution >= 4 is 5.91 Å². The Hall–Kier alpha value is -2.15. The molecule has 3 heterocycles. The van der Waals surface area contributed by atoms with Crippen LogP contribution in [-0.4, -0.2) is 62.6 Å². The van der Waals surface area contributed by atoms with Crippen molar-refractivity contribution in [3.63, 3.8) is 0 Å². The number of carbonyl (C=O) groups is 1. The van der Waals surface area contributed by atoms with Gasteiger partial charge in [0.1, 0.15) is 11.9 Å². The van der Waals surface area contributed by atoms with Gasteiger partial charge in [-0.15, -0.1) is 0 Å². The molecule has 0 radical (unpaired) electrons. The van der Waals surface area contributed by atoms with E-state index in [1.807, 2.05) is 22.6 Å². The highest BCUT2D eigenvalue weighted by molar-refractivity contribution is 5.80. The van der Waals surface area contributed by atoms with Crippen LogP contribution in [0, 0.1) is 0 Å². The first-order valence-corrected chi connectivity index (χ1v) is 9.49. The van der Waals surface area contributed by atoms with Gasteiger partial charge in [-0.2, -0.15) is 5.10 Å². The minimum atomic E-state index is -0.193. The number of hydrogen-bond acceptors (Lipinski definition) is 4. The first-order valence-electron chi connectivity index (χ1n) is 9.49. The van der Waals surface area contributed by atoms with Gasteiger partial charge in [0.15, 0.2) is 0 Å². The number of nitrogens with one attached hydrogen (secondary N) is 1. The number of piperidine rings is 1. The van der Waals surface area contributed by atoms with E-state index in [0.717, 1.165) is 56.1 Å².